The van der Waals surface area contributed by atoms with E-state index in [0.29, 0.717) is 0 Å². The minimum atomic E-state index is -0.346. The van der Waals surface area contributed by atoms with E-state index in [2.05, 4.69) is 121 Å². The Morgan fingerprint density at radius 1 is 0.379 bits per heavy atom. The number of rotatable bonds is 4. The van der Waals surface area contributed by atoms with E-state index in [-0.39, 0.29) is 15.1 Å². The third kappa shape index (κ3) is 11.1. The van der Waals surface area contributed by atoms with Gasteiger partial charge in [-0.1, -0.05) is 138 Å². The van der Waals surface area contributed by atoms with Gasteiger partial charge in [0.25, 0.3) is 0 Å². The van der Waals surface area contributed by atoms with Gasteiger partial charge in [0.05, 0.1) is 0 Å². The minimum absolute atomic E-state index is 0.346. The van der Waals surface area contributed by atoms with Crippen molar-refractivity contribution in [2.24, 2.45) is 0 Å². The molecule has 0 amide bonds. The Hall–Kier alpha value is -1.06. The maximum atomic E-state index is 4.85. The summed E-state index contributed by atoms with van der Waals surface area (Å²) in [6.07, 6.45) is 0. The van der Waals surface area contributed by atoms with Gasteiger partial charge < -0.3 is 0 Å². The molecule has 0 radical (unpaired) electrons. The predicted octanol–water partition coefficient (Wildman–Crippen LogP) is 6.01. The van der Waals surface area contributed by atoms with Crippen LogP contribution in [-0.2, 0) is 15.1 Å². The van der Waals surface area contributed by atoms with E-state index < -0.39 is 0 Å². The molecule has 0 unspecified atom stereocenters. The molecule has 0 atom stereocenters. The maximum absolute atomic E-state index is 4.85. The summed E-state index contributed by atoms with van der Waals surface area (Å²) in [7, 11) is 11.3. The maximum Gasteiger partial charge on any atom is -0.0226 e. The average Bonchev–Trinajstić information content (AvgIpc) is 2.78. The summed E-state index contributed by atoms with van der Waals surface area (Å²) in [5.41, 5.74) is 0. The first-order chi connectivity index (χ1) is 14.3. The molecule has 150 valence electrons. The van der Waals surface area contributed by atoms with Crippen molar-refractivity contribution < 1.29 is 15.1 Å². The monoisotopic (exact) mass is 544 g/mol. The molecule has 4 rings (SSSR count). The molecule has 0 saturated carbocycles. The van der Waals surface area contributed by atoms with E-state index in [9.17, 15) is 0 Å². The van der Waals surface area contributed by atoms with Gasteiger partial charge in [0, 0.05) is 0 Å². The van der Waals surface area contributed by atoms with Gasteiger partial charge in [-0.25, -0.2) is 0 Å². The van der Waals surface area contributed by atoms with Crippen LogP contribution in [0.2, 0.25) is 0 Å². The van der Waals surface area contributed by atoms with E-state index >= 15 is 0 Å². The van der Waals surface area contributed by atoms with Crippen LogP contribution in [0.25, 0.3) is 0 Å². The van der Waals surface area contributed by atoms with Crippen LogP contribution in [0.4, 0.5) is 0 Å². The number of hydrogen-bond donors (Lipinski definition) is 0. The fourth-order valence-corrected chi connectivity index (χ4v) is 4.52. The molecule has 0 spiro atoms. The first kappa shape index (κ1) is 24.2. The standard InChI is InChI=1S/2C12H11P.2ClH.Ru/c2*1-3-7-11(8-4-1)13-12-9-5-2-6-10-12;;;/h2*1-10,13H;2*1H;/q;;;;+2/p-2. The van der Waals surface area contributed by atoms with Crippen molar-refractivity contribution in [3.05, 3.63) is 121 Å². The van der Waals surface area contributed by atoms with Crippen molar-refractivity contribution in [1.82, 2.24) is 0 Å². The molecule has 29 heavy (non-hydrogen) atoms. The summed E-state index contributed by atoms with van der Waals surface area (Å²) in [4.78, 5) is 0. The largest absolute Gasteiger partial charge is 0.0622 e. The first-order valence-corrected chi connectivity index (χ1v) is 15.4. The Morgan fingerprint density at radius 2 is 0.552 bits per heavy atom. The van der Waals surface area contributed by atoms with Gasteiger partial charge in [-0.05, 0) is 21.2 Å². The van der Waals surface area contributed by atoms with Crippen LogP contribution in [-0.4, -0.2) is 0 Å². The van der Waals surface area contributed by atoms with Gasteiger partial charge >= 0.3 is 34.5 Å². The Morgan fingerprint density at radius 3 is 0.724 bits per heavy atom. The van der Waals surface area contributed by atoms with Gasteiger partial charge in [0.15, 0.2) is 0 Å². The molecule has 0 fully saturated rings. The van der Waals surface area contributed by atoms with Crippen LogP contribution in [0.3, 0.4) is 0 Å². The summed E-state index contributed by atoms with van der Waals surface area (Å²) >= 11 is -0.346. The van der Waals surface area contributed by atoms with Crippen molar-refractivity contribution in [3.63, 3.8) is 0 Å². The Balaban J connectivity index is 0.000000183. The quantitative estimate of drug-likeness (QED) is 0.218. The molecular formula is C24H22Cl2P2Ru. The van der Waals surface area contributed by atoms with E-state index in [4.69, 9.17) is 19.4 Å². The van der Waals surface area contributed by atoms with Crippen LogP contribution in [0.5, 0.6) is 0 Å². The SMILES string of the molecule is [Cl][Ru][Cl].c1ccc(Pc2ccccc2)cc1.c1ccc(Pc2ccccc2)cc1. The number of benzene rings is 4. The zero-order valence-corrected chi connectivity index (χ0v) is 20.9. The normalized spacial score (nSPS) is 9.59. The van der Waals surface area contributed by atoms with E-state index in [0.717, 1.165) is 17.2 Å². The van der Waals surface area contributed by atoms with E-state index in [1.165, 1.54) is 21.2 Å². The molecule has 0 N–H and O–H groups in total. The van der Waals surface area contributed by atoms with Gasteiger partial charge in [0.2, 0.25) is 0 Å². The van der Waals surface area contributed by atoms with Crippen LogP contribution >= 0.6 is 36.5 Å². The molecule has 0 saturated heterocycles. The molecule has 0 aromatic heterocycles. The fourth-order valence-electron chi connectivity index (χ4n) is 2.42. The fraction of sp³-hybridized carbons (Fsp3) is 0. The van der Waals surface area contributed by atoms with Crippen molar-refractivity contribution >= 4 is 57.8 Å². The summed E-state index contributed by atoms with van der Waals surface area (Å²) in [5.74, 6) is 0. The molecule has 0 heterocycles. The molecule has 0 aliphatic heterocycles. The van der Waals surface area contributed by atoms with Crippen LogP contribution in [0, 0.1) is 0 Å². The van der Waals surface area contributed by atoms with E-state index in [1.54, 1.807) is 0 Å². The third-order valence-electron chi connectivity index (χ3n) is 3.67. The average molecular weight is 544 g/mol. The van der Waals surface area contributed by atoms with Crippen molar-refractivity contribution in [2.75, 3.05) is 0 Å². The Labute approximate surface area is 193 Å². The topological polar surface area (TPSA) is 0 Å². The second kappa shape index (κ2) is 15.7. The minimum Gasteiger partial charge on any atom is -0.0622 e. The number of halogens is 2. The summed E-state index contributed by atoms with van der Waals surface area (Å²) in [6, 6.07) is 42.3. The summed E-state index contributed by atoms with van der Waals surface area (Å²) in [5, 5.41) is 5.59. The van der Waals surface area contributed by atoms with Gasteiger partial charge in [-0.2, -0.15) is 0 Å². The molecule has 5 heteroatoms. The summed E-state index contributed by atoms with van der Waals surface area (Å²) < 4.78 is 0. The Kier molecular flexibility index (Phi) is 13.1. The van der Waals surface area contributed by atoms with Crippen molar-refractivity contribution in [1.29, 1.82) is 0 Å². The van der Waals surface area contributed by atoms with Gasteiger partial charge in [-0.3, -0.25) is 0 Å². The zero-order valence-electron chi connectivity index (χ0n) is 15.7. The molecule has 0 aliphatic rings. The molecule has 0 aliphatic carbocycles. The smallest absolute Gasteiger partial charge is 0.0226 e. The number of hydrogen-bond acceptors (Lipinski definition) is 0. The molecule has 0 nitrogen and oxygen atoms in total. The van der Waals surface area contributed by atoms with Crippen LogP contribution in [0.15, 0.2) is 121 Å². The third-order valence-corrected chi connectivity index (χ3v) is 6.16. The Bertz CT molecular complexity index is 741. The van der Waals surface area contributed by atoms with E-state index in [1.807, 2.05) is 0 Å². The van der Waals surface area contributed by atoms with Crippen LogP contribution < -0.4 is 21.2 Å². The summed E-state index contributed by atoms with van der Waals surface area (Å²) in [6.45, 7) is 0. The van der Waals surface area contributed by atoms with Gasteiger partial charge in [0.1, 0.15) is 0 Å². The van der Waals surface area contributed by atoms with Crippen molar-refractivity contribution in [3.8, 4) is 0 Å². The van der Waals surface area contributed by atoms with Crippen molar-refractivity contribution in [2.45, 2.75) is 0 Å². The molecule has 4 aromatic rings. The zero-order chi connectivity index (χ0) is 20.6. The molecule has 4 aromatic carbocycles. The van der Waals surface area contributed by atoms with Crippen LogP contribution in [0.1, 0.15) is 0 Å². The second-order valence-corrected chi connectivity index (χ2v) is 11.2. The predicted molar refractivity (Wildman–Crippen MR) is 133 cm³/mol. The van der Waals surface area contributed by atoms with Gasteiger partial charge in [-0.15, -0.1) is 0 Å². The molecule has 0 bridgehead atoms. The first-order valence-electron chi connectivity index (χ1n) is 8.91. The molecular weight excluding hydrogens is 522 g/mol. The second-order valence-electron chi connectivity index (χ2n) is 5.76.